The fourth-order valence-corrected chi connectivity index (χ4v) is 4.16. The molecular formula is C20H28N2O2S. The number of nitrogens with zero attached hydrogens (tertiary/aromatic N) is 1. The normalized spacial score (nSPS) is 11.8. The van der Waals surface area contributed by atoms with Gasteiger partial charge in [-0.05, 0) is 49.2 Å². The topological polar surface area (TPSA) is 49.4 Å². The highest BCUT2D eigenvalue weighted by Gasteiger charge is 2.23. The van der Waals surface area contributed by atoms with E-state index in [-0.39, 0.29) is 0 Å². The summed E-state index contributed by atoms with van der Waals surface area (Å²) in [6.07, 6.45) is 2.00. The smallest absolute Gasteiger partial charge is 0.243 e. The number of benzene rings is 2. The molecule has 2 rings (SSSR count). The van der Waals surface area contributed by atoms with E-state index < -0.39 is 10.0 Å². The first-order valence-electron chi connectivity index (χ1n) is 8.91. The van der Waals surface area contributed by atoms with E-state index >= 15 is 0 Å². The van der Waals surface area contributed by atoms with Crippen LogP contribution in [0.1, 0.15) is 31.4 Å². The lowest BCUT2D eigenvalue weighted by Crippen LogP contribution is -2.30. The quantitative estimate of drug-likeness (QED) is 0.660. The Morgan fingerprint density at radius 2 is 1.60 bits per heavy atom. The van der Waals surface area contributed by atoms with Crippen molar-refractivity contribution in [1.82, 2.24) is 9.62 Å². The summed E-state index contributed by atoms with van der Waals surface area (Å²) >= 11 is 0. The van der Waals surface area contributed by atoms with Crippen molar-refractivity contribution in [3.05, 3.63) is 65.7 Å². The molecule has 25 heavy (non-hydrogen) atoms. The van der Waals surface area contributed by atoms with Gasteiger partial charge in [0.1, 0.15) is 0 Å². The molecule has 0 saturated carbocycles. The second-order valence-corrected chi connectivity index (χ2v) is 7.96. The molecule has 0 aliphatic heterocycles. The van der Waals surface area contributed by atoms with Crippen LogP contribution < -0.4 is 5.32 Å². The lowest BCUT2D eigenvalue weighted by Gasteiger charge is -2.20. The molecule has 0 aliphatic carbocycles. The maximum atomic E-state index is 12.9. The molecule has 0 atom stereocenters. The number of aryl methyl sites for hydroxylation is 1. The van der Waals surface area contributed by atoms with Gasteiger partial charge in [0.05, 0.1) is 4.90 Å². The molecule has 1 N–H and O–H groups in total. The van der Waals surface area contributed by atoms with Gasteiger partial charge in [0.2, 0.25) is 10.0 Å². The van der Waals surface area contributed by atoms with Crippen LogP contribution in [0.15, 0.2) is 59.5 Å². The van der Waals surface area contributed by atoms with Crippen LogP contribution in [0, 0.1) is 0 Å². The van der Waals surface area contributed by atoms with Crippen LogP contribution in [0.3, 0.4) is 0 Å². The van der Waals surface area contributed by atoms with Crippen LogP contribution in [0.2, 0.25) is 0 Å². The largest absolute Gasteiger partial charge is 0.317 e. The molecule has 2 aromatic carbocycles. The molecule has 0 saturated heterocycles. The van der Waals surface area contributed by atoms with Crippen molar-refractivity contribution in [2.75, 3.05) is 19.6 Å². The Bertz CT molecular complexity index is 728. The number of nitrogens with one attached hydrogen (secondary N) is 1. The van der Waals surface area contributed by atoms with Crippen molar-refractivity contribution in [2.45, 2.75) is 38.1 Å². The highest BCUT2D eigenvalue weighted by molar-refractivity contribution is 7.89. The van der Waals surface area contributed by atoms with Gasteiger partial charge >= 0.3 is 0 Å². The van der Waals surface area contributed by atoms with Gasteiger partial charge in [-0.15, -0.1) is 0 Å². The van der Waals surface area contributed by atoms with Gasteiger partial charge in [-0.3, -0.25) is 0 Å². The van der Waals surface area contributed by atoms with Gasteiger partial charge in [-0.2, -0.15) is 4.31 Å². The lowest BCUT2D eigenvalue weighted by atomic mass is 10.1. The van der Waals surface area contributed by atoms with Gasteiger partial charge in [-0.1, -0.05) is 56.3 Å². The monoisotopic (exact) mass is 360 g/mol. The Morgan fingerprint density at radius 1 is 0.920 bits per heavy atom. The maximum absolute atomic E-state index is 12.9. The fraction of sp³-hybridized carbons (Fsp3) is 0.400. The van der Waals surface area contributed by atoms with Crippen LogP contribution in [0.25, 0.3) is 0 Å². The van der Waals surface area contributed by atoms with Crippen molar-refractivity contribution >= 4 is 10.0 Å². The van der Waals surface area contributed by atoms with Crippen molar-refractivity contribution in [3.8, 4) is 0 Å². The van der Waals surface area contributed by atoms with E-state index in [9.17, 15) is 8.42 Å². The first kappa shape index (κ1) is 19.6. The van der Waals surface area contributed by atoms with Crippen molar-refractivity contribution in [2.24, 2.45) is 0 Å². The first-order valence-corrected chi connectivity index (χ1v) is 10.4. The van der Waals surface area contributed by atoms with Crippen LogP contribution in [0.5, 0.6) is 0 Å². The molecule has 0 unspecified atom stereocenters. The van der Waals surface area contributed by atoms with E-state index in [0.717, 1.165) is 31.5 Å². The molecule has 0 fully saturated rings. The summed E-state index contributed by atoms with van der Waals surface area (Å²) in [5, 5.41) is 3.30. The summed E-state index contributed by atoms with van der Waals surface area (Å²) in [5.41, 5.74) is 2.16. The van der Waals surface area contributed by atoms with E-state index in [4.69, 9.17) is 0 Å². The van der Waals surface area contributed by atoms with E-state index in [1.54, 1.807) is 12.1 Å². The fourth-order valence-electron chi connectivity index (χ4n) is 2.73. The van der Waals surface area contributed by atoms with Crippen LogP contribution in [0.4, 0.5) is 0 Å². The minimum atomic E-state index is -3.47. The van der Waals surface area contributed by atoms with E-state index in [0.29, 0.717) is 18.0 Å². The lowest BCUT2D eigenvalue weighted by molar-refractivity contribution is 0.423. The standard InChI is InChI=1S/C20H28N2O2S/c1-3-21-16-8-11-18-12-14-20(15-13-18)25(23,24)22(4-2)17-19-9-6-5-7-10-19/h5-7,9-10,12-15,21H,3-4,8,11,16-17H2,1-2H3. The predicted octanol–water partition coefficient (Wildman–Crippen LogP) is 3.44. The molecule has 0 amide bonds. The molecule has 4 nitrogen and oxygen atoms in total. The van der Waals surface area contributed by atoms with Gasteiger partial charge in [0, 0.05) is 13.1 Å². The summed E-state index contributed by atoms with van der Waals surface area (Å²) in [6.45, 7) is 6.76. The second kappa shape index (κ2) is 9.70. The maximum Gasteiger partial charge on any atom is 0.243 e. The molecule has 0 bridgehead atoms. The molecule has 5 heteroatoms. The van der Waals surface area contributed by atoms with E-state index in [2.05, 4.69) is 12.2 Å². The van der Waals surface area contributed by atoms with Crippen molar-refractivity contribution in [1.29, 1.82) is 0 Å². The van der Waals surface area contributed by atoms with E-state index in [1.807, 2.05) is 49.4 Å². The SMILES string of the molecule is CCNCCCc1ccc(S(=O)(=O)N(CC)Cc2ccccc2)cc1. The average Bonchev–Trinajstić information content (AvgIpc) is 2.64. The molecule has 0 heterocycles. The summed E-state index contributed by atoms with van der Waals surface area (Å²) < 4.78 is 27.3. The highest BCUT2D eigenvalue weighted by atomic mass is 32.2. The van der Waals surface area contributed by atoms with E-state index in [1.165, 1.54) is 9.87 Å². The first-order chi connectivity index (χ1) is 12.1. The summed E-state index contributed by atoms with van der Waals surface area (Å²) in [5.74, 6) is 0. The summed E-state index contributed by atoms with van der Waals surface area (Å²) in [6, 6.07) is 17.0. The van der Waals surface area contributed by atoms with Crippen molar-refractivity contribution in [3.63, 3.8) is 0 Å². The molecule has 0 aliphatic rings. The third-order valence-electron chi connectivity index (χ3n) is 4.18. The summed E-state index contributed by atoms with van der Waals surface area (Å²) in [7, 11) is -3.47. The Kier molecular flexibility index (Phi) is 7.62. The molecule has 136 valence electrons. The number of rotatable bonds is 10. The molecular weight excluding hydrogens is 332 g/mol. The third-order valence-corrected chi connectivity index (χ3v) is 6.12. The Labute approximate surface area is 151 Å². The molecule has 0 radical (unpaired) electrons. The van der Waals surface area contributed by atoms with Crippen molar-refractivity contribution < 1.29 is 8.42 Å². The Hall–Kier alpha value is -1.69. The van der Waals surface area contributed by atoms with Crippen LogP contribution >= 0.6 is 0 Å². The minimum absolute atomic E-state index is 0.362. The molecule has 2 aromatic rings. The molecule has 0 aromatic heterocycles. The minimum Gasteiger partial charge on any atom is -0.317 e. The zero-order valence-electron chi connectivity index (χ0n) is 15.1. The third kappa shape index (κ3) is 5.66. The summed E-state index contributed by atoms with van der Waals surface area (Å²) in [4.78, 5) is 0.362. The Balaban J connectivity index is 2.06. The number of hydrogen-bond donors (Lipinski definition) is 1. The second-order valence-electron chi connectivity index (χ2n) is 6.02. The van der Waals surface area contributed by atoms with Crippen LogP contribution in [-0.2, 0) is 23.0 Å². The van der Waals surface area contributed by atoms with Crippen LogP contribution in [-0.4, -0.2) is 32.4 Å². The zero-order chi connectivity index (χ0) is 18.1. The Morgan fingerprint density at radius 3 is 2.20 bits per heavy atom. The van der Waals surface area contributed by atoms with Gasteiger partial charge < -0.3 is 5.32 Å². The van der Waals surface area contributed by atoms with Gasteiger partial charge in [-0.25, -0.2) is 8.42 Å². The van der Waals surface area contributed by atoms with Gasteiger partial charge in [0.15, 0.2) is 0 Å². The average molecular weight is 361 g/mol. The molecule has 0 spiro atoms. The predicted molar refractivity (Wildman–Crippen MR) is 103 cm³/mol. The highest BCUT2D eigenvalue weighted by Crippen LogP contribution is 2.19. The zero-order valence-corrected chi connectivity index (χ0v) is 15.9. The number of sulfonamides is 1. The number of hydrogen-bond acceptors (Lipinski definition) is 3. The van der Waals surface area contributed by atoms with Gasteiger partial charge in [0.25, 0.3) is 0 Å².